The minimum atomic E-state index is -1.34. The molecule has 0 saturated carbocycles. The summed E-state index contributed by atoms with van der Waals surface area (Å²) in [6.07, 6.45) is 6.47. The van der Waals surface area contributed by atoms with Crippen LogP contribution in [0.1, 0.15) is 27.2 Å². The first-order valence-corrected chi connectivity index (χ1v) is 15.9. The Labute approximate surface area is 305 Å². The van der Waals surface area contributed by atoms with E-state index in [-0.39, 0.29) is 78.2 Å². The van der Waals surface area contributed by atoms with E-state index in [1.165, 1.54) is 6.08 Å². The number of nitrogens with two attached hydrogens (primary N) is 1. The molecular formula is C37H53NO14. The molecule has 0 aromatic heterocycles. The largest absolute Gasteiger partial charge is 0.493 e. The highest BCUT2D eigenvalue weighted by Crippen LogP contribution is 2.27. The van der Waals surface area contributed by atoms with Crippen LogP contribution in [-0.4, -0.2) is 107 Å². The average molecular weight is 736 g/mol. The van der Waals surface area contributed by atoms with Crippen LogP contribution in [-0.2, 0) is 66.6 Å². The summed E-state index contributed by atoms with van der Waals surface area (Å²) >= 11 is 0. The van der Waals surface area contributed by atoms with Gasteiger partial charge in [-0.25, -0.2) is 24.0 Å². The minimum Gasteiger partial charge on any atom is -0.493 e. The monoisotopic (exact) mass is 735 g/mol. The van der Waals surface area contributed by atoms with Gasteiger partial charge in [-0.1, -0.05) is 46.1 Å². The summed E-state index contributed by atoms with van der Waals surface area (Å²) in [6.45, 7) is 27.0. The van der Waals surface area contributed by atoms with Gasteiger partial charge in [0.25, 0.3) is 0 Å². The second-order valence-electron chi connectivity index (χ2n) is 12.5. The first-order chi connectivity index (χ1) is 24.3. The molecule has 0 aliphatic carbocycles. The van der Waals surface area contributed by atoms with E-state index in [4.69, 9.17) is 48.4 Å². The zero-order valence-electron chi connectivity index (χ0n) is 30.5. The second-order valence-corrected chi connectivity index (χ2v) is 12.5. The van der Waals surface area contributed by atoms with Gasteiger partial charge in [-0.05, 0) is 33.3 Å². The van der Waals surface area contributed by atoms with Crippen molar-refractivity contribution in [3.8, 4) is 0 Å². The lowest BCUT2D eigenvalue weighted by Gasteiger charge is -2.36. The van der Waals surface area contributed by atoms with Gasteiger partial charge in [0.15, 0.2) is 0 Å². The highest BCUT2D eigenvalue weighted by atomic mass is 16.6. The molecule has 0 saturated heterocycles. The molecule has 15 heteroatoms. The van der Waals surface area contributed by atoms with E-state index in [0.29, 0.717) is 0 Å². The normalized spacial score (nSPS) is 12.5. The molecule has 2 N–H and O–H groups in total. The fourth-order valence-corrected chi connectivity index (χ4v) is 3.68. The van der Waals surface area contributed by atoms with Gasteiger partial charge in [-0.15, -0.1) is 0 Å². The molecule has 0 aliphatic heterocycles. The van der Waals surface area contributed by atoms with Crippen molar-refractivity contribution in [1.29, 1.82) is 0 Å². The smallest absolute Gasteiger partial charge is 0.330 e. The van der Waals surface area contributed by atoms with Crippen molar-refractivity contribution < 1.29 is 66.6 Å². The Morgan fingerprint density at radius 3 is 1.19 bits per heavy atom. The third kappa shape index (κ3) is 20.1. The summed E-state index contributed by atoms with van der Waals surface area (Å²) in [5.41, 5.74) is 1.60. The van der Waals surface area contributed by atoms with Crippen molar-refractivity contribution in [3.05, 3.63) is 88.3 Å². The molecule has 0 aromatic carbocycles. The number of esters is 5. The van der Waals surface area contributed by atoms with Crippen LogP contribution in [0, 0.1) is 10.8 Å². The van der Waals surface area contributed by atoms with E-state index in [9.17, 15) is 24.0 Å². The molecule has 52 heavy (non-hydrogen) atoms. The summed E-state index contributed by atoms with van der Waals surface area (Å²) in [5, 5.41) is 0. The first-order valence-electron chi connectivity index (χ1n) is 15.9. The van der Waals surface area contributed by atoms with E-state index in [1.54, 1.807) is 20.8 Å². The average Bonchev–Trinajstić information content (AvgIpc) is 3.13. The highest BCUT2D eigenvalue weighted by Gasteiger charge is 2.39. The lowest BCUT2D eigenvalue weighted by Crippen LogP contribution is -2.48. The molecule has 0 spiro atoms. The molecule has 0 fully saturated rings. The minimum absolute atomic E-state index is 0.0695. The Bertz CT molecular complexity index is 1180. The predicted octanol–water partition coefficient (Wildman–Crippen LogP) is 3.21. The Hall–Kier alpha value is -4.83. The van der Waals surface area contributed by atoms with Crippen molar-refractivity contribution in [1.82, 2.24) is 0 Å². The maximum Gasteiger partial charge on any atom is 0.330 e. The van der Waals surface area contributed by atoms with Gasteiger partial charge in [0.05, 0.1) is 42.9 Å². The van der Waals surface area contributed by atoms with Crippen molar-refractivity contribution >= 4 is 29.8 Å². The highest BCUT2D eigenvalue weighted by molar-refractivity contribution is 5.82. The lowest BCUT2D eigenvalue weighted by atomic mass is 9.91. The number of hydrogen-bond acceptors (Lipinski definition) is 15. The van der Waals surface area contributed by atoms with Crippen molar-refractivity contribution in [2.24, 2.45) is 16.6 Å². The van der Waals surface area contributed by atoms with Crippen LogP contribution in [0.15, 0.2) is 88.3 Å². The third-order valence-corrected chi connectivity index (χ3v) is 6.93. The van der Waals surface area contributed by atoms with Gasteiger partial charge in [-0.3, -0.25) is 0 Å². The summed E-state index contributed by atoms with van der Waals surface area (Å²) in [6, 6.07) is 0. The molecule has 0 aliphatic rings. The van der Waals surface area contributed by atoms with Gasteiger partial charge in [-0.2, -0.15) is 0 Å². The number of carbonyl (C=O) groups excluding carboxylic acids is 5. The topological polar surface area (TPSA) is 194 Å². The third-order valence-electron chi connectivity index (χ3n) is 6.93. The molecule has 0 aromatic rings. The zero-order valence-corrected chi connectivity index (χ0v) is 30.5. The molecule has 0 radical (unpaired) electrons. The van der Waals surface area contributed by atoms with Crippen LogP contribution in [0.25, 0.3) is 0 Å². The first kappa shape index (κ1) is 47.2. The van der Waals surface area contributed by atoms with E-state index in [2.05, 4.69) is 46.1 Å². The second kappa shape index (κ2) is 23.6. The molecule has 290 valence electrons. The molecule has 0 bridgehead atoms. The van der Waals surface area contributed by atoms with E-state index >= 15 is 0 Å². The number of rotatable bonds is 30. The SMILES string of the molecule is C=CC(=C)OCC(COCC(C)(N)OCCC(C)(C)OCC(COC(=O)C=C)(COC(=O)C=C)COC(=O)C=C)(COC(=O)C=C)COC(=O)C=C. The maximum atomic E-state index is 11.9. The van der Waals surface area contributed by atoms with Gasteiger partial charge in [0.2, 0.25) is 0 Å². The van der Waals surface area contributed by atoms with E-state index < -0.39 is 52.0 Å². The summed E-state index contributed by atoms with van der Waals surface area (Å²) in [5.74, 6) is -3.48. The summed E-state index contributed by atoms with van der Waals surface area (Å²) in [4.78, 5) is 59.5. The zero-order chi connectivity index (χ0) is 39.8. The Morgan fingerprint density at radius 1 is 0.500 bits per heavy atom. The molecule has 1 unspecified atom stereocenters. The van der Waals surface area contributed by atoms with Crippen LogP contribution in [0.2, 0.25) is 0 Å². The summed E-state index contributed by atoms with van der Waals surface area (Å²) < 4.78 is 49.9. The van der Waals surface area contributed by atoms with Crippen molar-refractivity contribution in [2.45, 2.75) is 38.5 Å². The van der Waals surface area contributed by atoms with Crippen LogP contribution < -0.4 is 5.73 Å². The number of ether oxygens (including phenoxy) is 9. The molecule has 0 heterocycles. The van der Waals surface area contributed by atoms with Crippen LogP contribution in [0.3, 0.4) is 0 Å². The van der Waals surface area contributed by atoms with Gasteiger partial charge >= 0.3 is 29.8 Å². The number of carbonyl (C=O) groups is 5. The quantitative estimate of drug-likeness (QED) is 0.0282. The fraction of sp³-hybridized carbons (Fsp3) is 0.486. The van der Waals surface area contributed by atoms with E-state index in [1.807, 2.05) is 0 Å². The van der Waals surface area contributed by atoms with E-state index in [0.717, 1.165) is 30.4 Å². The molecular weight excluding hydrogens is 682 g/mol. The van der Waals surface area contributed by atoms with Crippen molar-refractivity contribution in [3.63, 3.8) is 0 Å². The number of allylic oxidation sites excluding steroid dienone is 1. The maximum absolute atomic E-state index is 11.9. The molecule has 15 nitrogen and oxygen atoms in total. The van der Waals surface area contributed by atoms with Gasteiger partial charge in [0, 0.05) is 30.4 Å². The molecule has 1 atom stereocenters. The predicted molar refractivity (Wildman–Crippen MR) is 190 cm³/mol. The molecule has 0 amide bonds. The van der Waals surface area contributed by atoms with Crippen LogP contribution in [0.5, 0.6) is 0 Å². The van der Waals surface area contributed by atoms with Crippen molar-refractivity contribution in [2.75, 3.05) is 66.1 Å². The van der Waals surface area contributed by atoms with Gasteiger partial charge < -0.3 is 48.4 Å². The Morgan fingerprint density at radius 2 is 0.846 bits per heavy atom. The Balaban J connectivity index is 5.72. The van der Waals surface area contributed by atoms with Gasteiger partial charge in [0.1, 0.15) is 51.1 Å². The summed E-state index contributed by atoms with van der Waals surface area (Å²) in [7, 11) is 0. The number of hydrogen-bond donors (Lipinski definition) is 1. The fourth-order valence-electron chi connectivity index (χ4n) is 3.68. The standard InChI is InChI=1S/C37H53NO14/c1-11-28(7)45-21-36(22-46-29(39)12-2,23-47-30(40)13-3)20-44-19-35(10,38)51-18-17-34(8,9)52-27-37(24-48-31(41)14-4,25-49-32(42)15-5)26-50-33(43)16-6/h11-16H,1-7,17-27,38H2,8-10H3. The van der Waals surface area contributed by atoms with Crippen LogP contribution >= 0.6 is 0 Å². The lowest BCUT2D eigenvalue weighted by molar-refractivity contribution is -0.171. The molecule has 0 rings (SSSR count). The van der Waals surface area contributed by atoms with Crippen LogP contribution in [0.4, 0.5) is 0 Å². The Kier molecular flexibility index (Phi) is 21.4.